The van der Waals surface area contributed by atoms with E-state index in [-0.39, 0.29) is 5.91 Å². The summed E-state index contributed by atoms with van der Waals surface area (Å²) in [5, 5.41) is 0. The van der Waals surface area contributed by atoms with Crippen LogP contribution in [0, 0.1) is 0 Å². The first-order valence-electron chi connectivity index (χ1n) is 13.8. The third kappa shape index (κ3) is 6.84. The molecule has 1 amide bonds. The lowest BCUT2D eigenvalue weighted by Gasteiger charge is -2.36. The van der Waals surface area contributed by atoms with Crippen molar-refractivity contribution in [1.82, 2.24) is 9.80 Å². The van der Waals surface area contributed by atoms with Crippen LogP contribution in [0.15, 0.2) is 66.7 Å². The Morgan fingerprint density at radius 1 is 0.718 bits per heavy atom. The van der Waals surface area contributed by atoms with Crippen LogP contribution in [0.4, 0.5) is 0 Å². The average Bonchev–Trinajstić information content (AvgIpc) is 3.55. The highest BCUT2D eigenvalue weighted by Crippen LogP contribution is 2.32. The summed E-state index contributed by atoms with van der Waals surface area (Å²) in [4.78, 5) is 18.0. The van der Waals surface area contributed by atoms with Gasteiger partial charge in [0.25, 0.3) is 5.91 Å². The van der Waals surface area contributed by atoms with Crippen LogP contribution in [-0.4, -0.2) is 62.1 Å². The van der Waals surface area contributed by atoms with Crippen molar-refractivity contribution in [3.8, 4) is 23.0 Å². The second-order valence-electron chi connectivity index (χ2n) is 10.2. The number of methoxy groups -OCH3 is 2. The summed E-state index contributed by atoms with van der Waals surface area (Å²) in [6, 6.07) is 21.6. The minimum absolute atomic E-state index is 0.0471. The number of piperidine rings is 1. The molecule has 0 spiro atoms. The van der Waals surface area contributed by atoms with E-state index in [4.69, 9.17) is 18.9 Å². The van der Waals surface area contributed by atoms with Crippen LogP contribution < -0.4 is 18.9 Å². The molecule has 7 nitrogen and oxygen atoms in total. The summed E-state index contributed by atoms with van der Waals surface area (Å²) in [7, 11) is 3.30. The summed E-state index contributed by atoms with van der Waals surface area (Å²) < 4.78 is 22.9. The average molecular weight is 531 g/mol. The lowest BCUT2D eigenvalue weighted by molar-refractivity contribution is 0.0644. The van der Waals surface area contributed by atoms with E-state index in [1.165, 1.54) is 25.9 Å². The topological polar surface area (TPSA) is 60.5 Å². The zero-order valence-electron chi connectivity index (χ0n) is 22.9. The molecule has 2 heterocycles. The maximum atomic E-state index is 13.5. The van der Waals surface area contributed by atoms with Crippen LogP contribution in [0.2, 0.25) is 0 Å². The Hall–Kier alpha value is -3.71. The third-order valence-corrected chi connectivity index (χ3v) is 7.71. The van der Waals surface area contributed by atoms with Gasteiger partial charge in [0.15, 0.2) is 11.5 Å². The molecule has 39 heavy (non-hydrogen) atoms. The van der Waals surface area contributed by atoms with E-state index in [1.54, 1.807) is 14.2 Å². The predicted octanol–water partition coefficient (Wildman–Crippen LogP) is 5.56. The molecule has 206 valence electrons. The van der Waals surface area contributed by atoms with Crippen molar-refractivity contribution in [2.45, 2.75) is 44.9 Å². The predicted molar refractivity (Wildman–Crippen MR) is 151 cm³/mol. The molecule has 0 bridgehead atoms. The van der Waals surface area contributed by atoms with Gasteiger partial charge in [0.2, 0.25) is 0 Å². The minimum Gasteiger partial charge on any atom is -0.497 e. The van der Waals surface area contributed by atoms with E-state index in [1.807, 2.05) is 71.6 Å². The Balaban J connectivity index is 1.28. The van der Waals surface area contributed by atoms with Crippen molar-refractivity contribution < 1.29 is 23.7 Å². The van der Waals surface area contributed by atoms with Gasteiger partial charge in [-0.2, -0.15) is 0 Å². The van der Waals surface area contributed by atoms with Gasteiger partial charge >= 0.3 is 0 Å². The molecule has 2 fully saturated rings. The first-order chi connectivity index (χ1) is 19.1. The number of likely N-dealkylation sites (tertiary alicyclic amines) is 2. The van der Waals surface area contributed by atoms with Gasteiger partial charge in [0.05, 0.1) is 14.2 Å². The second-order valence-corrected chi connectivity index (χ2v) is 10.2. The highest BCUT2D eigenvalue weighted by Gasteiger charge is 2.29. The normalized spacial score (nSPS) is 16.2. The molecule has 2 aliphatic heterocycles. The fourth-order valence-electron chi connectivity index (χ4n) is 5.36. The van der Waals surface area contributed by atoms with Crippen molar-refractivity contribution in [2.75, 3.05) is 40.4 Å². The van der Waals surface area contributed by atoms with Gasteiger partial charge in [0.1, 0.15) is 24.7 Å². The number of hydrogen-bond acceptors (Lipinski definition) is 6. The van der Waals surface area contributed by atoms with Crippen LogP contribution >= 0.6 is 0 Å². The van der Waals surface area contributed by atoms with Gasteiger partial charge in [-0.3, -0.25) is 4.79 Å². The third-order valence-electron chi connectivity index (χ3n) is 7.71. The van der Waals surface area contributed by atoms with E-state index >= 15 is 0 Å². The Kier molecular flexibility index (Phi) is 8.89. The Bertz CT molecular complexity index is 1210. The molecule has 0 radical (unpaired) electrons. The lowest BCUT2D eigenvalue weighted by atomic mass is 10.0. The van der Waals surface area contributed by atoms with Gasteiger partial charge in [-0.25, -0.2) is 0 Å². The molecule has 0 N–H and O–H groups in total. The molecule has 5 rings (SSSR count). The van der Waals surface area contributed by atoms with Gasteiger partial charge in [-0.1, -0.05) is 24.3 Å². The molecule has 7 heteroatoms. The summed E-state index contributed by atoms with van der Waals surface area (Å²) in [6.07, 6.45) is 4.67. The highest BCUT2D eigenvalue weighted by atomic mass is 16.5. The molecule has 0 atom stereocenters. The van der Waals surface area contributed by atoms with Crippen molar-refractivity contribution in [1.29, 1.82) is 0 Å². The van der Waals surface area contributed by atoms with Gasteiger partial charge in [-0.05, 0) is 92.4 Å². The molecule has 0 aliphatic carbocycles. The number of rotatable bonds is 10. The van der Waals surface area contributed by atoms with Gasteiger partial charge in [-0.15, -0.1) is 0 Å². The van der Waals surface area contributed by atoms with E-state index in [2.05, 4.69) is 4.90 Å². The van der Waals surface area contributed by atoms with E-state index < -0.39 is 0 Å². The lowest BCUT2D eigenvalue weighted by Crippen LogP contribution is -2.45. The number of amides is 1. The standard InChI is InChI=1S/C32H38N2O5/c1-36-28-10-5-24(6-11-28)22-38-30-14-9-26(21-31(30)39-23-25-7-12-29(37-2)13-8-25)32(35)34-19-15-27(16-20-34)33-17-3-4-18-33/h5-14,21,27H,3-4,15-20,22-23H2,1-2H3. The number of carbonyl (C=O) groups is 1. The zero-order chi connectivity index (χ0) is 27.0. The van der Waals surface area contributed by atoms with Crippen LogP contribution in [0.1, 0.15) is 47.2 Å². The molecule has 0 unspecified atom stereocenters. The first-order valence-corrected chi connectivity index (χ1v) is 13.8. The Morgan fingerprint density at radius 3 is 1.79 bits per heavy atom. The summed E-state index contributed by atoms with van der Waals surface area (Å²) in [5.41, 5.74) is 2.63. The maximum Gasteiger partial charge on any atom is 0.253 e. The second kappa shape index (κ2) is 12.9. The molecule has 3 aromatic rings. The van der Waals surface area contributed by atoms with Crippen molar-refractivity contribution >= 4 is 5.91 Å². The first kappa shape index (κ1) is 26.9. The smallest absolute Gasteiger partial charge is 0.253 e. The molecular weight excluding hydrogens is 492 g/mol. The number of hydrogen-bond donors (Lipinski definition) is 0. The van der Waals surface area contributed by atoms with Crippen LogP contribution in [0.25, 0.3) is 0 Å². The van der Waals surface area contributed by atoms with Crippen molar-refractivity contribution in [3.63, 3.8) is 0 Å². The molecule has 0 aromatic heterocycles. The summed E-state index contributed by atoms with van der Waals surface area (Å²) in [5.74, 6) is 2.80. The SMILES string of the molecule is COc1ccc(COc2ccc(C(=O)N3CCC(N4CCCC4)CC3)cc2OCc2ccc(OC)cc2)cc1. The molecule has 3 aromatic carbocycles. The maximum absolute atomic E-state index is 13.5. The fraction of sp³-hybridized carbons (Fsp3) is 0.406. The largest absolute Gasteiger partial charge is 0.497 e. The number of benzene rings is 3. The molecule has 0 saturated carbocycles. The van der Waals surface area contributed by atoms with Crippen molar-refractivity contribution in [2.24, 2.45) is 0 Å². The Labute approximate surface area is 231 Å². The summed E-state index contributed by atoms with van der Waals surface area (Å²) >= 11 is 0. The molecular formula is C32H38N2O5. The van der Waals surface area contributed by atoms with Crippen molar-refractivity contribution in [3.05, 3.63) is 83.4 Å². The van der Waals surface area contributed by atoms with E-state index in [9.17, 15) is 4.79 Å². The monoisotopic (exact) mass is 530 g/mol. The number of ether oxygens (including phenoxy) is 4. The van der Waals surface area contributed by atoms with Gasteiger partial charge in [0, 0.05) is 24.7 Å². The van der Waals surface area contributed by atoms with E-state index in [0.717, 1.165) is 48.6 Å². The zero-order valence-corrected chi connectivity index (χ0v) is 22.9. The molecule has 2 saturated heterocycles. The Morgan fingerprint density at radius 2 is 1.26 bits per heavy atom. The fourth-order valence-corrected chi connectivity index (χ4v) is 5.36. The summed E-state index contributed by atoms with van der Waals surface area (Å²) in [6.45, 7) is 4.70. The van der Waals surface area contributed by atoms with E-state index in [0.29, 0.717) is 36.3 Å². The quantitative estimate of drug-likeness (QED) is 0.342. The highest BCUT2D eigenvalue weighted by molar-refractivity contribution is 5.95. The van der Waals surface area contributed by atoms with Gasteiger partial charge < -0.3 is 28.7 Å². The van der Waals surface area contributed by atoms with Crippen LogP contribution in [-0.2, 0) is 13.2 Å². The van der Waals surface area contributed by atoms with Crippen LogP contribution in [0.3, 0.4) is 0 Å². The number of nitrogens with zero attached hydrogens (tertiary/aromatic N) is 2. The minimum atomic E-state index is 0.0471. The number of carbonyl (C=O) groups excluding carboxylic acids is 1. The van der Waals surface area contributed by atoms with Crippen LogP contribution in [0.5, 0.6) is 23.0 Å². The molecule has 2 aliphatic rings.